The largest absolute Gasteiger partial charge is 0.467 e. The summed E-state index contributed by atoms with van der Waals surface area (Å²) < 4.78 is 5.30. The van der Waals surface area contributed by atoms with Crippen LogP contribution in [0.15, 0.2) is 65.4 Å². The van der Waals surface area contributed by atoms with Crippen LogP contribution in [-0.2, 0) is 13.1 Å². The van der Waals surface area contributed by atoms with E-state index in [2.05, 4.69) is 28.5 Å². The number of aromatic nitrogens is 1. The van der Waals surface area contributed by atoms with Gasteiger partial charge in [0.05, 0.1) is 12.8 Å². The summed E-state index contributed by atoms with van der Waals surface area (Å²) in [5.41, 5.74) is 9.04. The highest BCUT2D eigenvalue weighted by Gasteiger charge is 2.06. The fourth-order valence-corrected chi connectivity index (χ4v) is 2.20. The van der Waals surface area contributed by atoms with Gasteiger partial charge in [0.15, 0.2) is 0 Å². The van der Waals surface area contributed by atoms with Crippen molar-refractivity contribution in [2.24, 2.45) is 5.73 Å². The van der Waals surface area contributed by atoms with Gasteiger partial charge in [0.1, 0.15) is 11.6 Å². The first-order valence-corrected chi connectivity index (χ1v) is 6.87. The molecule has 0 unspecified atom stereocenters. The molecule has 0 saturated heterocycles. The van der Waals surface area contributed by atoms with E-state index in [0.717, 1.165) is 28.3 Å². The van der Waals surface area contributed by atoms with Crippen LogP contribution in [-0.4, -0.2) is 4.98 Å². The van der Waals surface area contributed by atoms with E-state index in [0.29, 0.717) is 13.1 Å². The second kappa shape index (κ2) is 6.24. The van der Waals surface area contributed by atoms with Crippen LogP contribution < -0.4 is 11.1 Å². The number of furan rings is 1. The Bertz CT molecular complexity index is 693. The van der Waals surface area contributed by atoms with Crippen LogP contribution in [0.3, 0.4) is 0 Å². The summed E-state index contributed by atoms with van der Waals surface area (Å²) in [6.07, 6.45) is 3.52. The molecular formula is C17H17N3O. The molecule has 0 radical (unpaired) electrons. The van der Waals surface area contributed by atoms with Crippen molar-refractivity contribution in [3.8, 4) is 11.1 Å². The average Bonchev–Trinajstić information content (AvgIpc) is 3.07. The standard InChI is InChI=1S/C17H17N3O/c18-10-14-9-15(13-5-2-1-3-6-13)11-19-17(14)20-12-16-7-4-8-21-16/h1-9,11H,10,12,18H2,(H,19,20). The number of rotatable bonds is 5. The number of benzene rings is 1. The Morgan fingerprint density at radius 1 is 1.05 bits per heavy atom. The molecule has 0 atom stereocenters. The van der Waals surface area contributed by atoms with Gasteiger partial charge in [-0.25, -0.2) is 4.98 Å². The molecule has 106 valence electrons. The molecule has 0 saturated carbocycles. The van der Waals surface area contributed by atoms with E-state index in [1.165, 1.54) is 0 Å². The number of anilines is 1. The predicted molar refractivity (Wildman–Crippen MR) is 83.6 cm³/mol. The van der Waals surface area contributed by atoms with Crippen LogP contribution in [0.5, 0.6) is 0 Å². The Balaban J connectivity index is 1.82. The lowest BCUT2D eigenvalue weighted by Gasteiger charge is -2.11. The van der Waals surface area contributed by atoms with Crippen molar-refractivity contribution in [2.45, 2.75) is 13.1 Å². The Morgan fingerprint density at radius 2 is 1.90 bits per heavy atom. The van der Waals surface area contributed by atoms with Gasteiger partial charge in [-0.1, -0.05) is 30.3 Å². The topological polar surface area (TPSA) is 64.1 Å². The van der Waals surface area contributed by atoms with Crippen LogP contribution in [0.2, 0.25) is 0 Å². The molecule has 0 aliphatic heterocycles. The first kappa shape index (κ1) is 13.4. The highest BCUT2D eigenvalue weighted by molar-refractivity contribution is 5.65. The molecule has 4 heteroatoms. The van der Waals surface area contributed by atoms with E-state index in [1.54, 1.807) is 6.26 Å². The summed E-state index contributed by atoms with van der Waals surface area (Å²) in [7, 11) is 0. The fourth-order valence-electron chi connectivity index (χ4n) is 2.20. The van der Waals surface area contributed by atoms with Gasteiger partial charge in [0.25, 0.3) is 0 Å². The second-order valence-electron chi connectivity index (χ2n) is 4.73. The molecule has 3 aromatic rings. The van der Waals surface area contributed by atoms with Gasteiger partial charge in [-0.05, 0) is 23.8 Å². The zero-order valence-corrected chi connectivity index (χ0v) is 11.6. The molecular weight excluding hydrogens is 262 g/mol. The Labute approximate surface area is 123 Å². The molecule has 0 amide bonds. The average molecular weight is 279 g/mol. The number of nitrogens with zero attached hydrogens (tertiary/aromatic N) is 1. The van der Waals surface area contributed by atoms with Crippen LogP contribution in [0.4, 0.5) is 5.82 Å². The first-order chi connectivity index (χ1) is 10.4. The molecule has 3 rings (SSSR count). The van der Waals surface area contributed by atoms with Gasteiger partial charge < -0.3 is 15.5 Å². The van der Waals surface area contributed by atoms with E-state index in [4.69, 9.17) is 10.2 Å². The van der Waals surface area contributed by atoms with Gasteiger partial charge in [-0.3, -0.25) is 0 Å². The summed E-state index contributed by atoms with van der Waals surface area (Å²) in [6, 6.07) is 16.0. The van der Waals surface area contributed by atoms with Crippen molar-refractivity contribution >= 4 is 5.82 Å². The van der Waals surface area contributed by atoms with E-state index in [-0.39, 0.29) is 0 Å². The summed E-state index contributed by atoms with van der Waals surface area (Å²) >= 11 is 0. The Kier molecular flexibility index (Phi) is 3.98. The van der Waals surface area contributed by atoms with Gasteiger partial charge in [0.2, 0.25) is 0 Å². The monoisotopic (exact) mass is 279 g/mol. The first-order valence-electron chi connectivity index (χ1n) is 6.87. The van der Waals surface area contributed by atoms with Crippen molar-refractivity contribution in [3.05, 3.63) is 72.3 Å². The van der Waals surface area contributed by atoms with Gasteiger partial charge in [0, 0.05) is 23.9 Å². The van der Waals surface area contributed by atoms with Crippen molar-refractivity contribution in [3.63, 3.8) is 0 Å². The Hall–Kier alpha value is -2.59. The molecule has 0 spiro atoms. The molecule has 3 N–H and O–H groups in total. The van der Waals surface area contributed by atoms with Gasteiger partial charge in [-0.2, -0.15) is 0 Å². The summed E-state index contributed by atoms with van der Waals surface area (Å²) in [4.78, 5) is 4.49. The third kappa shape index (κ3) is 3.12. The lowest BCUT2D eigenvalue weighted by atomic mass is 10.1. The normalized spacial score (nSPS) is 10.5. The maximum atomic E-state index is 5.84. The second-order valence-corrected chi connectivity index (χ2v) is 4.73. The summed E-state index contributed by atoms with van der Waals surface area (Å²) in [5.74, 6) is 1.67. The minimum atomic E-state index is 0.439. The number of nitrogens with one attached hydrogen (secondary N) is 1. The molecule has 1 aromatic carbocycles. The molecule has 4 nitrogen and oxygen atoms in total. The van der Waals surface area contributed by atoms with Gasteiger partial charge in [-0.15, -0.1) is 0 Å². The maximum Gasteiger partial charge on any atom is 0.130 e. The van der Waals surface area contributed by atoms with E-state index in [1.807, 2.05) is 36.5 Å². The van der Waals surface area contributed by atoms with Crippen molar-refractivity contribution in [2.75, 3.05) is 5.32 Å². The van der Waals surface area contributed by atoms with Crippen LogP contribution >= 0.6 is 0 Å². The van der Waals surface area contributed by atoms with Crippen LogP contribution in [0.1, 0.15) is 11.3 Å². The number of nitrogens with two attached hydrogens (primary N) is 1. The summed E-state index contributed by atoms with van der Waals surface area (Å²) in [6.45, 7) is 1.03. The maximum absolute atomic E-state index is 5.84. The van der Waals surface area contributed by atoms with Crippen molar-refractivity contribution < 1.29 is 4.42 Å². The lowest BCUT2D eigenvalue weighted by Crippen LogP contribution is -2.07. The molecule has 0 aliphatic rings. The minimum Gasteiger partial charge on any atom is -0.467 e. The van der Waals surface area contributed by atoms with E-state index in [9.17, 15) is 0 Å². The van der Waals surface area contributed by atoms with E-state index >= 15 is 0 Å². The molecule has 0 fully saturated rings. The third-order valence-corrected chi connectivity index (χ3v) is 3.30. The van der Waals surface area contributed by atoms with Crippen molar-refractivity contribution in [1.82, 2.24) is 4.98 Å². The molecule has 2 aromatic heterocycles. The van der Waals surface area contributed by atoms with Crippen molar-refractivity contribution in [1.29, 1.82) is 0 Å². The minimum absolute atomic E-state index is 0.439. The number of pyridine rings is 1. The fraction of sp³-hybridized carbons (Fsp3) is 0.118. The SMILES string of the molecule is NCc1cc(-c2ccccc2)cnc1NCc1ccco1. The molecule has 0 aliphatic carbocycles. The third-order valence-electron chi connectivity index (χ3n) is 3.30. The quantitative estimate of drug-likeness (QED) is 0.751. The zero-order valence-electron chi connectivity index (χ0n) is 11.6. The number of hydrogen-bond acceptors (Lipinski definition) is 4. The summed E-state index contributed by atoms with van der Waals surface area (Å²) in [5, 5.41) is 3.26. The Morgan fingerprint density at radius 3 is 2.62 bits per heavy atom. The smallest absolute Gasteiger partial charge is 0.130 e. The van der Waals surface area contributed by atoms with Crippen LogP contribution in [0, 0.1) is 0 Å². The van der Waals surface area contributed by atoms with E-state index < -0.39 is 0 Å². The number of hydrogen-bond donors (Lipinski definition) is 2. The zero-order chi connectivity index (χ0) is 14.5. The lowest BCUT2D eigenvalue weighted by molar-refractivity contribution is 0.517. The predicted octanol–water partition coefficient (Wildman–Crippen LogP) is 3.41. The molecule has 21 heavy (non-hydrogen) atoms. The van der Waals surface area contributed by atoms with Gasteiger partial charge >= 0.3 is 0 Å². The highest BCUT2D eigenvalue weighted by atomic mass is 16.3. The highest BCUT2D eigenvalue weighted by Crippen LogP contribution is 2.23. The van der Waals surface area contributed by atoms with Crippen LogP contribution in [0.25, 0.3) is 11.1 Å². The molecule has 0 bridgehead atoms. The molecule has 2 heterocycles.